The second-order valence-electron chi connectivity index (χ2n) is 12.3. The van der Waals surface area contributed by atoms with Gasteiger partial charge in [-0.05, 0) is 71.3 Å². The number of para-hydroxylation sites is 4. The molecule has 0 saturated heterocycles. The lowest BCUT2D eigenvalue weighted by Crippen LogP contribution is -1.98. The zero-order valence-electron chi connectivity index (χ0n) is 26.7. The number of fused-ring (bicyclic) bond motifs is 6. The molecule has 5 nitrogen and oxygen atoms in total. The van der Waals surface area contributed by atoms with Crippen LogP contribution < -0.4 is 0 Å². The molecular weight excluding hydrogens is 611 g/mol. The largest absolute Gasteiger partial charge is 0.309 e. The first-order valence-corrected chi connectivity index (χ1v) is 16.3. The Morgan fingerprint density at radius 3 is 1.76 bits per heavy atom. The monoisotopic (exact) mass is 635 g/mol. The second-order valence-corrected chi connectivity index (χ2v) is 12.3. The fraction of sp³-hybridized carbons (Fsp3) is 0. The summed E-state index contributed by atoms with van der Waals surface area (Å²) in [5, 5.41) is 34.2. The van der Waals surface area contributed by atoms with Crippen molar-refractivity contribution in [3.63, 3.8) is 0 Å². The number of aromatic nitrogens is 2. The smallest absolute Gasteiger partial charge is 0.101 e. The molecule has 0 bridgehead atoms. The average Bonchev–Trinajstić information content (AvgIpc) is 3.70. The van der Waals surface area contributed by atoms with Crippen LogP contribution >= 0.6 is 0 Å². The van der Waals surface area contributed by atoms with Crippen molar-refractivity contribution in [3.8, 4) is 51.8 Å². The van der Waals surface area contributed by atoms with E-state index in [1.54, 1.807) is 0 Å². The summed E-state index contributed by atoms with van der Waals surface area (Å²) in [7, 11) is 0. The highest BCUT2D eigenvalue weighted by molar-refractivity contribution is 6.11. The third kappa shape index (κ3) is 4.31. The number of hydrogen-bond donors (Lipinski definition) is 0. The van der Waals surface area contributed by atoms with Crippen molar-refractivity contribution in [1.29, 1.82) is 15.8 Å². The van der Waals surface area contributed by atoms with E-state index >= 15 is 0 Å². The number of nitriles is 3. The normalized spacial score (nSPS) is 11.1. The maximum Gasteiger partial charge on any atom is 0.101 e. The van der Waals surface area contributed by atoms with Gasteiger partial charge in [-0.15, -0.1) is 0 Å². The summed E-state index contributed by atoms with van der Waals surface area (Å²) in [6.07, 6.45) is 0. The fourth-order valence-corrected chi connectivity index (χ4v) is 7.44. The van der Waals surface area contributed by atoms with Crippen LogP contribution in [0.4, 0.5) is 0 Å². The van der Waals surface area contributed by atoms with Crippen LogP contribution in [0.2, 0.25) is 0 Å². The predicted molar refractivity (Wildman–Crippen MR) is 200 cm³/mol. The Labute approximate surface area is 287 Å². The van der Waals surface area contributed by atoms with Gasteiger partial charge in [0.25, 0.3) is 0 Å². The van der Waals surface area contributed by atoms with Crippen LogP contribution in [0, 0.1) is 34.0 Å². The lowest BCUT2D eigenvalue weighted by molar-refractivity contribution is 1.17. The van der Waals surface area contributed by atoms with Crippen LogP contribution in [0.15, 0.2) is 152 Å². The minimum atomic E-state index is 0.554. The van der Waals surface area contributed by atoms with E-state index in [2.05, 4.69) is 94.1 Å². The van der Waals surface area contributed by atoms with Crippen LogP contribution in [0.1, 0.15) is 16.7 Å². The molecule has 0 saturated carbocycles. The molecule has 0 radical (unpaired) electrons. The second kappa shape index (κ2) is 11.4. The highest BCUT2D eigenvalue weighted by Crippen LogP contribution is 2.38. The Kier molecular flexibility index (Phi) is 6.56. The van der Waals surface area contributed by atoms with Crippen molar-refractivity contribution in [1.82, 2.24) is 9.13 Å². The van der Waals surface area contributed by atoms with Crippen molar-refractivity contribution in [2.75, 3.05) is 0 Å². The summed E-state index contributed by atoms with van der Waals surface area (Å²) in [4.78, 5) is 0. The molecule has 0 spiro atoms. The fourth-order valence-electron chi connectivity index (χ4n) is 7.44. The minimum Gasteiger partial charge on any atom is -0.309 e. The van der Waals surface area contributed by atoms with E-state index in [1.807, 2.05) is 84.9 Å². The van der Waals surface area contributed by atoms with Gasteiger partial charge in [0.1, 0.15) is 6.07 Å². The highest BCUT2D eigenvalue weighted by Gasteiger charge is 2.18. The molecule has 50 heavy (non-hydrogen) atoms. The van der Waals surface area contributed by atoms with E-state index in [0.717, 1.165) is 77.2 Å². The zero-order valence-corrected chi connectivity index (χ0v) is 26.7. The van der Waals surface area contributed by atoms with Gasteiger partial charge >= 0.3 is 0 Å². The maximum atomic E-state index is 10.4. The standard InChI is InChI=1S/C45H25N5/c46-26-29-16-23-44-40(24-29)38-11-3-6-15-43(38)50(44)41-13-4-1-9-36(41)31-19-17-30(18-20-31)35-22-21-34(25-33(35)28-48)49-42-14-5-2-10-37(42)39-12-7-8-32(27-47)45(39)49/h1-25H. The molecule has 2 heterocycles. The summed E-state index contributed by atoms with van der Waals surface area (Å²) >= 11 is 0. The first-order valence-electron chi connectivity index (χ1n) is 16.3. The number of nitrogens with zero attached hydrogens (tertiary/aromatic N) is 5. The Bertz CT molecular complexity index is 2960. The van der Waals surface area contributed by atoms with Gasteiger partial charge < -0.3 is 9.13 Å². The van der Waals surface area contributed by atoms with Gasteiger partial charge in [-0.2, -0.15) is 15.8 Å². The molecule has 0 unspecified atom stereocenters. The van der Waals surface area contributed by atoms with Gasteiger partial charge in [0, 0.05) is 32.8 Å². The van der Waals surface area contributed by atoms with Crippen molar-refractivity contribution in [3.05, 3.63) is 168 Å². The van der Waals surface area contributed by atoms with Gasteiger partial charge in [0.2, 0.25) is 0 Å². The topological polar surface area (TPSA) is 81.2 Å². The lowest BCUT2D eigenvalue weighted by atomic mass is 9.96. The van der Waals surface area contributed by atoms with E-state index in [1.165, 1.54) is 0 Å². The van der Waals surface area contributed by atoms with Crippen LogP contribution in [0.25, 0.3) is 77.2 Å². The molecule has 0 aliphatic heterocycles. The number of rotatable bonds is 4. The van der Waals surface area contributed by atoms with Gasteiger partial charge in [0.15, 0.2) is 0 Å². The van der Waals surface area contributed by atoms with Gasteiger partial charge in [-0.3, -0.25) is 0 Å². The SMILES string of the molecule is N#Cc1ccc2c(c1)c1ccccc1n2-c1ccccc1-c1ccc(-c2ccc(-n3c4ccccc4c4cccc(C#N)c43)cc2C#N)cc1. The Balaban J connectivity index is 1.15. The summed E-state index contributed by atoms with van der Waals surface area (Å²) in [5.41, 5.74) is 11.5. The molecular formula is C45H25N5. The molecule has 0 amide bonds. The first kappa shape index (κ1) is 28.8. The summed E-state index contributed by atoms with van der Waals surface area (Å²) in [6, 6.07) is 57.8. The molecule has 9 aromatic rings. The Hall–Kier alpha value is -7.39. The first-order chi connectivity index (χ1) is 24.7. The molecule has 7 aromatic carbocycles. The molecule has 0 N–H and O–H groups in total. The van der Waals surface area contributed by atoms with Crippen LogP contribution in [-0.4, -0.2) is 9.13 Å². The van der Waals surface area contributed by atoms with Crippen LogP contribution in [-0.2, 0) is 0 Å². The highest BCUT2D eigenvalue weighted by atomic mass is 15.0. The molecule has 0 aliphatic carbocycles. The molecule has 2 aromatic heterocycles. The minimum absolute atomic E-state index is 0.554. The van der Waals surface area contributed by atoms with Crippen molar-refractivity contribution in [2.45, 2.75) is 0 Å². The van der Waals surface area contributed by atoms with Crippen LogP contribution in [0.5, 0.6) is 0 Å². The summed E-state index contributed by atoms with van der Waals surface area (Å²) < 4.78 is 4.36. The Morgan fingerprint density at radius 2 is 1.02 bits per heavy atom. The average molecular weight is 636 g/mol. The van der Waals surface area contributed by atoms with E-state index in [9.17, 15) is 15.8 Å². The molecule has 9 rings (SSSR count). The third-order valence-electron chi connectivity index (χ3n) is 9.65. The van der Waals surface area contributed by atoms with Crippen molar-refractivity contribution in [2.24, 2.45) is 0 Å². The molecule has 0 aliphatic rings. The van der Waals surface area contributed by atoms with Gasteiger partial charge in [-0.1, -0.05) is 97.1 Å². The predicted octanol–water partition coefficient (Wildman–Crippen LogP) is 10.8. The Morgan fingerprint density at radius 1 is 0.400 bits per heavy atom. The molecule has 0 atom stereocenters. The van der Waals surface area contributed by atoms with Crippen molar-refractivity contribution < 1.29 is 0 Å². The molecule has 230 valence electrons. The third-order valence-corrected chi connectivity index (χ3v) is 9.65. The number of hydrogen-bond acceptors (Lipinski definition) is 3. The van der Waals surface area contributed by atoms with Crippen LogP contribution in [0.3, 0.4) is 0 Å². The van der Waals surface area contributed by atoms with E-state index in [0.29, 0.717) is 16.7 Å². The quantitative estimate of drug-likeness (QED) is 0.193. The maximum absolute atomic E-state index is 10.4. The zero-order chi connectivity index (χ0) is 33.8. The van der Waals surface area contributed by atoms with Crippen molar-refractivity contribution >= 4 is 43.6 Å². The van der Waals surface area contributed by atoms with E-state index in [4.69, 9.17) is 0 Å². The summed E-state index contributed by atoms with van der Waals surface area (Å²) in [6.45, 7) is 0. The van der Waals surface area contributed by atoms with E-state index < -0.39 is 0 Å². The van der Waals surface area contributed by atoms with Gasteiger partial charge in [0.05, 0.1) is 56.6 Å². The summed E-state index contributed by atoms with van der Waals surface area (Å²) in [5.74, 6) is 0. The number of benzene rings is 7. The lowest BCUT2D eigenvalue weighted by Gasteiger charge is -2.15. The molecule has 5 heteroatoms. The van der Waals surface area contributed by atoms with Gasteiger partial charge in [-0.25, -0.2) is 0 Å². The van der Waals surface area contributed by atoms with E-state index in [-0.39, 0.29) is 0 Å². The molecule has 0 fully saturated rings.